The van der Waals surface area contributed by atoms with E-state index in [1.165, 1.54) is 0 Å². The Hall–Kier alpha value is -2.31. The average molecular weight is 415 g/mol. The van der Waals surface area contributed by atoms with E-state index in [9.17, 15) is 4.79 Å². The fourth-order valence-electron chi connectivity index (χ4n) is 4.03. The van der Waals surface area contributed by atoms with Gasteiger partial charge in [0.15, 0.2) is 5.11 Å². The molecule has 2 saturated heterocycles. The van der Waals surface area contributed by atoms with Gasteiger partial charge >= 0.3 is 0 Å². The predicted molar refractivity (Wildman–Crippen MR) is 118 cm³/mol. The number of benzene rings is 2. The van der Waals surface area contributed by atoms with Crippen molar-refractivity contribution < 1.29 is 4.79 Å². The van der Waals surface area contributed by atoms with Gasteiger partial charge in [-0.2, -0.15) is 0 Å². The minimum absolute atomic E-state index is 0.108. The summed E-state index contributed by atoms with van der Waals surface area (Å²) >= 11 is 11.9. The summed E-state index contributed by atoms with van der Waals surface area (Å²) in [5.41, 5.74) is 2.48. The number of halogens is 1. The molecule has 146 valence electrons. The van der Waals surface area contributed by atoms with Crippen LogP contribution >= 0.6 is 23.8 Å². The van der Waals surface area contributed by atoms with Crippen LogP contribution in [0.25, 0.3) is 0 Å². The normalized spacial score (nSPS) is 18.3. The molecule has 2 N–H and O–H groups in total. The Labute approximate surface area is 175 Å². The average Bonchev–Trinajstić information content (AvgIpc) is 3.01. The smallest absolute Gasteiger partial charge is 0.247 e. The minimum Gasteiger partial charge on any atom is -0.349 e. The topological polar surface area (TPSA) is 47.6 Å². The van der Waals surface area contributed by atoms with Gasteiger partial charge in [-0.05, 0) is 61.8 Å². The number of hydrogen-bond donors (Lipinski definition) is 2. The lowest BCUT2D eigenvalue weighted by Gasteiger charge is -2.44. The number of likely N-dealkylation sites (tertiary alicyclic amines) is 1. The number of anilines is 2. The summed E-state index contributed by atoms with van der Waals surface area (Å²) in [6.07, 6.45) is 1.44. The lowest BCUT2D eigenvalue weighted by Crippen LogP contribution is -2.57. The van der Waals surface area contributed by atoms with E-state index in [0.29, 0.717) is 29.9 Å². The summed E-state index contributed by atoms with van der Waals surface area (Å²) in [6, 6.07) is 16.0. The van der Waals surface area contributed by atoms with E-state index in [1.807, 2.05) is 43.3 Å². The van der Waals surface area contributed by atoms with Gasteiger partial charge in [-0.1, -0.05) is 35.9 Å². The van der Waals surface area contributed by atoms with Crippen molar-refractivity contribution in [3.63, 3.8) is 0 Å². The number of rotatable bonds is 2. The number of carbonyl (C=O) groups is 1. The third-order valence-corrected chi connectivity index (χ3v) is 6.32. The lowest BCUT2D eigenvalue weighted by atomic mass is 9.86. The lowest BCUT2D eigenvalue weighted by molar-refractivity contribution is -0.124. The molecule has 0 saturated carbocycles. The maximum Gasteiger partial charge on any atom is 0.247 e. The number of thiocarbonyl (C=S) groups is 1. The van der Waals surface area contributed by atoms with Gasteiger partial charge in [0.25, 0.3) is 0 Å². The number of para-hydroxylation sites is 1. The largest absolute Gasteiger partial charge is 0.349 e. The number of nitrogens with one attached hydrogen (secondary N) is 2. The van der Waals surface area contributed by atoms with Crippen LogP contribution in [0.4, 0.5) is 11.4 Å². The van der Waals surface area contributed by atoms with Gasteiger partial charge in [0, 0.05) is 18.8 Å². The van der Waals surface area contributed by atoms with E-state index in [1.54, 1.807) is 0 Å². The number of piperidine rings is 1. The van der Waals surface area contributed by atoms with E-state index >= 15 is 0 Å². The first kappa shape index (κ1) is 19.0. The summed E-state index contributed by atoms with van der Waals surface area (Å²) < 4.78 is 0. The quantitative estimate of drug-likeness (QED) is 0.732. The molecule has 2 aliphatic rings. The van der Waals surface area contributed by atoms with Crippen LogP contribution in [0.2, 0.25) is 5.02 Å². The van der Waals surface area contributed by atoms with Gasteiger partial charge in [-0.3, -0.25) is 4.79 Å². The number of amides is 1. The zero-order valence-electron chi connectivity index (χ0n) is 15.7. The Bertz CT molecular complexity index is 897. The van der Waals surface area contributed by atoms with Crippen molar-refractivity contribution in [1.29, 1.82) is 0 Å². The van der Waals surface area contributed by atoms with Crippen molar-refractivity contribution in [1.82, 2.24) is 10.2 Å². The van der Waals surface area contributed by atoms with E-state index in [-0.39, 0.29) is 5.91 Å². The standard InChI is InChI=1S/C21H23ClN4OS/c1-15-7-8-18(17(22)13-15)24-20(28)25-11-9-21(10-12-25)19(27)23-14-26(21)16-5-3-2-4-6-16/h2-8,13H,9-12,14H2,1H3,(H,23,27)(H,24,28). The highest BCUT2D eigenvalue weighted by atomic mass is 35.5. The van der Waals surface area contributed by atoms with Gasteiger partial charge < -0.3 is 20.4 Å². The second kappa shape index (κ2) is 7.60. The van der Waals surface area contributed by atoms with Gasteiger partial charge in [0.2, 0.25) is 5.91 Å². The molecule has 0 bridgehead atoms. The first-order valence-corrected chi connectivity index (χ1v) is 10.2. The molecule has 2 heterocycles. The Kier molecular flexibility index (Phi) is 5.17. The highest BCUT2D eigenvalue weighted by Crippen LogP contribution is 2.36. The predicted octanol–water partition coefficient (Wildman–Crippen LogP) is 3.77. The molecule has 0 atom stereocenters. The van der Waals surface area contributed by atoms with Crippen molar-refractivity contribution in [3.8, 4) is 0 Å². The molecule has 28 heavy (non-hydrogen) atoms. The molecular formula is C21H23ClN4OS. The van der Waals surface area contributed by atoms with Crippen LogP contribution in [0, 0.1) is 6.92 Å². The summed E-state index contributed by atoms with van der Waals surface area (Å²) in [7, 11) is 0. The Morgan fingerprint density at radius 3 is 2.57 bits per heavy atom. The van der Waals surface area contributed by atoms with Crippen LogP contribution < -0.4 is 15.5 Å². The maximum atomic E-state index is 12.7. The van der Waals surface area contributed by atoms with Gasteiger partial charge in [-0.15, -0.1) is 0 Å². The second-order valence-electron chi connectivity index (χ2n) is 7.36. The molecular weight excluding hydrogens is 392 g/mol. The molecule has 2 aliphatic heterocycles. The maximum absolute atomic E-state index is 12.7. The van der Waals surface area contributed by atoms with E-state index < -0.39 is 5.54 Å². The highest BCUT2D eigenvalue weighted by molar-refractivity contribution is 7.80. The van der Waals surface area contributed by atoms with E-state index in [2.05, 4.69) is 32.6 Å². The molecule has 0 aliphatic carbocycles. The van der Waals surface area contributed by atoms with Crippen LogP contribution in [-0.2, 0) is 4.79 Å². The molecule has 0 radical (unpaired) electrons. The molecule has 2 aromatic carbocycles. The molecule has 2 aromatic rings. The highest BCUT2D eigenvalue weighted by Gasteiger charge is 2.50. The second-order valence-corrected chi connectivity index (χ2v) is 8.15. The SMILES string of the molecule is Cc1ccc(NC(=S)N2CCC3(CC2)C(=O)NCN3c2ccccc2)c(Cl)c1. The molecule has 0 aromatic heterocycles. The van der Waals surface area contributed by atoms with Gasteiger partial charge in [0.1, 0.15) is 5.54 Å². The minimum atomic E-state index is -0.505. The first-order valence-electron chi connectivity index (χ1n) is 9.43. The Balaban J connectivity index is 1.46. The van der Waals surface area contributed by atoms with E-state index in [4.69, 9.17) is 23.8 Å². The molecule has 2 fully saturated rings. The number of nitrogens with zero attached hydrogens (tertiary/aromatic N) is 2. The Morgan fingerprint density at radius 2 is 1.89 bits per heavy atom. The monoisotopic (exact) mass is 414 g/mol. The molecule has 0 unspecified atom stereocenters. The van der Waals surface area contributed by atoms with Crippen molar-refractivity contribution in [2.75, 3.05) is 30.0 Å². The van der Waals surface area contributed by atoms with Crippen LogP contribution in [0.1, 0.15) is 18.4 Å². The van der Waals surface area contributed by atoms with Crippen LogP contribution in [0.15, 0.2) is 48.5 Å². The summed E-state index contributed by atoms with van der Waals surface area (Å²) in [5.74, 6) is 0.108. The van der Waals surface area contributed by atoms with Crippen LogP contribution in [0.3, 0.4) is 0 Å². The van der Waals surface area contributed by atoms with Crippen LogP contribution in [0.5, 0.6) is 0 Å². The van der Waals surface area contributed by atoms with Crippen molar-refractivity contribution in [2.45, 2.75) is 25.3 Å². The summed E-state index contributed by atoms with van der Waals surface area (Å²) in [6.45, 7) is 3.98. The Morgan fingerprint density at radius 1 is 1.18 bits per heavy atom. The third kappa shape index (κ3) is 3.42. The van der Waals surface area contributed by atoms with Gasteiger partial charge in [0.05, 0.1) is 17.4 Å². The molecule has 1 amide bonds. The van der Waals surface area contributed by atoms with Crippen molar-refractivity contribution >= 4 is 46.2 Å². The number of carbonyl (C=O) groups excluding carboxylic acids is 1. The van der Waals surface area contributed by atoms with E-state index in [0.717, 1.165) is 29.8 Å². The molecule has 5 nitrogen and oxygen atoms in total. The molecule has 4 rings (SSSR count). The molecule has 7 heteroatoms. The van der Waals surface area contributed by atoms with Gasteiger partial charge in [-0.25, -0.2) is 0 Å². The fourth-order valence-corrected chi connectivity index (χ4v) is 4.60. The van der Waals surface area contributed by atoms with Crippen LogP contribution in [-0.4, -0.2) is 41.2 Å². The third-order valence-electron chi connectivity index (χ3n) is 5.65. The zero-order chi connectivity index (χ0) is 19.7. The van der Waals surface area contributed by atoms with Crippen molar-refractivity contribution in [3.05, 3.63) is 59.1 Å². The summed E-state index contributed by atoms with van der Waals surface area (Å²) in [4.78, 5) is 17.1. The molecule has 1 spiro atoms. The summed E-state index contributed by atoms with van der Waals surface area (Å²) in [5, 5.41) is 7.58. The first-order chi connectivity index (χ1) is 13.5. The van der Waals surface area contributed by atoms with Crippen molar-refractivity contribution in [2.24, 2.45) is 0 Å². The zero-order valence-corrected chi connectivity index (χ0v) is 17.3. The number of hydrogen-bond acceptors (Lipinski definition) is 3. The fraction of sp³-hybridized carbons (Fsp3) is 0.333. The number of aryl methyl sites for hydroxylation is 1.